The minimum atomic E-state index is -0.595. The van der Waals surface area contributed by atoms with Crippen LogP contribution >= 0.6 is 0 Å². The molecule has 1 N–H and O–H groups in total. The zero-order valence-corrected chi connectivity index (χ0v) is 18.2. The lowest BCUT2D eigenvalue weighted by Gasteiger charge is -2.18. The molecule has 31 heavy (non-hydrogen) atoms. The summed E-state index contributed by atoms with van der Waals surface area (Å²) in [4.78, 5) is 37.7. The number of ether oxygens (including phenoxy) is 2. The van der Waals surface area contributed by atoms with Gasteiger partial charge in [0.1, 0.15) is 6.61 Å². The van der Waals surface area contributed by atoms with Crippen molar-refractivity contribution in [2.45, 2.75) is 19.6 Å². The lowest BCUT2D eigenvalue weighted by atomic mass is 10.0. The van der Waals surface area contributed by atoms with Crippen LogP contribution in [0.2, 0.25) is 0 Å². The highest BCUT2D eigenvalue weighted by Crippen LogP contribution is 2.18. The molecule has 2 aromatic carbocycles. The number of nitrogens with zero attached hydrogens (tertiary/aromatic N) is 1. The third-order valence-corrected chi connectivity index (χ3v) is 4.60. The predicted octanol–water partition coefficient (Wildman–Crippen LogP) is 3.72. The lowest BCUT2D eigenvalue weighted by molar-refractivity contribution is -0.130. The summed E-state index contributed by atoms with van der Waals surface area (Å²) in [6.45, 7) is 1.92. The smallest absolute Gasteiger partial charge is 0.408 e. The second-order valence-electron chi connectivity index (χ2n) is 7.20. The SMILES string of the molecule is COC(=O)c1ccc(C(/C=C/[C@@H](C)C(=O)N(C)C)NC(=O)OCc2ccccc2)cc1. The summed E-state index contributed by atoms with van der Waals surface area (Å²) in [7, 11) is 4.69. The molecule has 2 amide bonds. The first-order valence-electron chi connectivity index (χ1n) is 9.86. The molecule has 7 heteroatoms. The van der Waals surface area contributed by atoms with Gasteiger partial charge < -0.3 is 19.7 Å². The normalized spacial score (nSPS) is 12.6. The molecule has 0 aliphatic heterocycles. The van der Waals surface area contributed by atoms with Crippen molar-refractivity contribution in [3.05, 3.63) is 83.4 Å². The standard InChI is InChI=1S/C24H28N2O5/c1-17(22(27)26(2)3)10-15-21(19-11-13-20(14-12-19)23(28)30-4)25-24(29)31-16-18-8-6-5-7-9-18/h5-15,17,21H,16H2,1-4H3,(H,25,29)/b15-10+/t17-,21?/m1/s1. The average Bonchev–Trinajstić information content (AvgIpc) is 2.79. The maximum absolute atomic E-state index is 12.4. The minimum absolute atomic E-state index is 0.0531. The number of benzene rings is 2. The molecule has 0 saturated heterocycles. The fourth-order valence-corrected chi connectivity index (χ4v) is 2.85. The van der Waals surface area contributed by atoms with Gasteiger partial charge in [0, 0.05) is 14.1 Å². The summed E-state index contributed by atoms with van der Waals surface area (Å²) >= 11 is 0. The Balaban J connectivity index is 2.15. The molecule has 0 bridgehead atoms. The highest BCUT2D eigenvalue weighted by Gasteiger charge is 2.17. The van der Waals surface area contributed by atoms with E-state index in [2.05, 4.69) is 5.32 Å². The summed E-state index contributed by atoms with van der Waals surface area (Å²) < 4.78 is 10.0. The monoisotopic (exact) mass is 424 g/mol. The Morgan fingerprint density at radius 3 is 2.23 bits per heavy atom. The second kappa shape index (κ2) is 11.5. The van der Waals surface area contributed by atoms with Gasteiger partial charge in [0.25, 0.3) is 0 Å². The number of carbonyl (C=O) groups is 3. The van der Waals surface area contributed by atoms with Crippen LogP contribution in [0.5, 0.6) is 0 Å². The van der Waals surface area contributed by atoms with Crippen LogP contribution in [0.3, 0.4) is 0 Å². The van der Waals surface area contributed by atoms with Crippen LogP contribution in [0.4, 0.5) is 4.79 Å². The van der Waals surface area contributed by atoms with E-state index in [0.717, 1.165) is 11.1 Å². The molecular weight excluding hydrogens is 396 g/mol. The molecule has 0 spiro atoms. The largest absolute Gasteiger partial charge is 0.465 e. The van der Waals surface area contributed by atoms with Gasteiger partial charge in [0.15, 0.2) is 0 Å². The van der Waals surface area contributed by atoms with Gasteiger partial charge in [-0.3, -0.25) is 4.79 Å². The van der Waals surface area contributed by atoms with Crippen molar-refractivity contribution in [2.75, 3.05) is 21.2 Å². The van der Waals surface area contributed by atoms with E-state index in [1.54, 1.807) is 57.4 Å². The number of amides is 2. The number of esters is 1. The van der Waals surface area contributed by atoms with Crippen molar-refractivity contribution < 1.29 is 23.9 Å². The Morgan fingerprint density at radius 2 is 1.65 bits per heavy atom. The van der Waals surface area contributed by atoms with E-state index in [1.807, 2.05) is 30.3 Å². The van der Waals surface area contributed by atoms with Crippen LogP contribution in [0.15, 0.2) is 66.7 Å². The Morgan fingerprint density at radius 1 is 1.00 bits per heavy atom. The summed E-state index contributed by atoms with van der Waals surface area (Å²) in [5.74, 6) is -0.865. The predicted molar refractivity (Wildman–Crippen MR) is 117 cm³/mol. The average molecular weight is 424 g/mol. The number of rotatable bonds is 8. The van der Waals surface area contributed by atoms with Crippen LogP contribution in [0.25, 0.3) is 0 Å². The maximum atomic E-state index is 12.4. The van der Waals surface area contributed by atoms with Crippen LogP contribution in [-0.2, 0) is 20.9 Å². The van der Waals surface area contributed by atoms with Gasteiger partial charge in [-0.25, -0.2) is 9.59 Å². The summed E-state index contributed by atoms with van der Waals surface area (Å²) in [6.07, 6.45) is 2.88. The summed E-state index contributed by atoms with van der Waals surface area (Å²) in [5.41, 5.74) is 2.00. The van der Waals surface area contributed by atoms with E-state index in [0.29, 0.717) is 5.56 Å². The van der Waals surface area contributed by atoms with Gasteiger partial charge >= 0.3 is 12.1 Å². The van der Waals surface area contributed by atoms with Gasteiger partial charge in [-0.05, 0) is 23.3 Å². The van der Waals surface area contributed by atoms with Gasteiger partial charge in [0.05, 0.1) is 24.6 Å². The van der Waals surface area contributed by atoms with Crippen LogP contribution in [0, 0.1) is 5.92 Å². The molecule has 0 saturated carbocycles. The van der Waals surface area contributed by atoms with Crippen molar-refractivity contribution in [1.82, 2.24) is 10.2 Å². The Labute approximate surface area is 182 Å². The Hall–Kier alpha value is -3.61. The Bertz CT molecular complexity index is 907. The molecule has 2 atom stereocenters. The van der Waals surface area contributed by atoms with E-state index in [1.165, 1.54) is 12.0 Å². The van der Waals surface area contributed by atoms with Crippen molar-refractivity contribution >= 4 is 18.0 Å². The molecule has 7 nitrogen and oxygen atoms in total. The Kier molecular flexibility index (Phi) is 8.81. The zero-order valence-electron chi connectivity index (χ0n) is 18.2. The molecule has 0 aliphatic rings. The number of carbonyl (C=O) groups excluding carboxylic acids is 3. The lowest BCUT2D eigenvalue weighted by Crippen LogP contribution is -2.29. The molecule has 0 radical (unpaired) electrons. The quantitative estimate of drug-likeness (QED) is 0.516. The van der Waals surface area contributed by atoms with E-state index < -0.39 is 18.1 Å². The molecular formula is C24H28N2O5. The number of methoxy groups -OCH3 is 1. The first-order valence-corrected chi connectivity index (χ1v) is 9.86. The number of alkyl carbamates (subject to hydrolysis) is 1. The molecule has 1 unspecified atom stereocenters. The summed E-state index contributed by atoms with van der Waals surface area (Å²) in [6, 6.07) is 15.5. The van der Waals surface area contributed by atoms with Gasteiger partial charge in [0.2, 0.25) is 5.91 Å². The minimum Gasteiger partial charge on any atom is -0.465 e. The fourth-order valence-electron chi connectivity index (χ4n) is 2.85. The van der Waals surface area contributed by atoms with Crippen molar-refractivity contribution in [1.29, 1.82) is 0 Å². The molecule has 0 aliphatic carbocycles. The van der Waals surface area contributed by atoms with Gasteiger partial charge in [-0.15, -0.1) is 0 Å². The maximum Gasteiger partial charge on any atom is 0.408 e. The third-order valence-electron chi connectivity index (χ3n) is 4.60. The zero-order chi connectivity index (χ0) is 22.8. The van der Waals surface area contributed by atoms with E-state index in [-0.39, 0.29) is 18.4 Å². The van der Waals surface area contributed by atoms with Gasteiger partial charge in [-0.2, -0.15) is 0 Å². The van der Waals surface area contributed by atoms with Crippen LogP contribution < -0.4 is 5.32 Å². The highest BCUT2D eigenvalue weighted by molar-refractivity contribution is 5.89. The van der Waals surface area contributed by atoms with Gasteiger partial charge in [-0.1, -0.05) is 61.5 Å². The van der Waals surface area contributed by atoms with Crippen molar-refractivity contribution in [3.8, 4) is 0 Å². The third kappa shape index (κ3) is 7.29. The molecule has 0 aromatic heterocycles. The molecule has 0 fully saturated rings. The van der Waals surface area contributed by atoms with E-state index in [4.69, 9.17) is 9.47 Å². The van der Waals surface area contributed by atoms with E-state index in [9.17, 15) is 14.4 Å². The molecule has 0 heterocycles. The van der Waals surface area contributed by atoms with Crippen LogP contribution in [0.1, 0.15) is 34.5 Å². The van der Waals surface area contributed by atoms with E-state index >= 15 is 0 Å². The first kappa shape index (κ1) is 23.7. The number of nitrogens with one attached hydrogen (secondary N) is 1. The topological polar surface area (TPSA) is 84.9 Å². The number of hydrogen-bond donors (Lipinski definition) is 1. The number of hydrogen-bond acceptors (Lipinski definition) is 5. The first-order chi connectivity index (χ1) is 14.8. The molecule has 2 aromatic rings. The van der Waals surface area contributed by atoms with Crippen molar-refractivity contribution in [3.63, 3.8) is 0 Å². The second-order valence-corrected chi connectivity index (χ2v) is 7.20. The fraction of sp³-hybridized carbons (Fsp3) is 0.292. The highest BCUT2D eigenvalue weighted by atomic mass is 16.5. The summed E-state index contributed by atoms with van der Waals surface area (Å²) in [5, 5.41) is 2.80. The van der Waals surface area contributed by atoms with Crippen molar-refractivity contribution in [2.24, 2.45) is 5.92 Å². The van der Waals surface area contributed by atoms with Crippen LogP contribution in [-0.4, -0.2) is 44.1 Å². The molecule has 2 rings (SSSR count). The molecule has 164 valence electrons.